The zero-order valence-electron chi connectivity index (χ0n) is 6.16. The van der Waals surface area contributed by atoms with Gasteiger partial charge in [0.25, 0.3) is 0 Å². The van der Waals surface area contributed by atoms with Gasteiger partial charge in [0.2, 0.25) is 0 Å². The van der Waals surface area contributed by atoms with Gasteiger partial charge in [0.05, 0.1) is 0 Å². The summed E-state index contributed by atoms with van der Waals surface area (Å²) in [5.41, 5.74) is 0.447. The lowest BCUT2D eigenvalue weighted by molar-refractivity contribution is -0.135. The average molecular weight is 154 g/mol. The van der Waals surface area contributed by atoms with Crippen LogP contribution in [-0.4, -0.2) is 40.7 Å². The second-order valence-corrected chi connectivity index (χ2v) is 2.78. The van der Waals surface area contributed by atoms with Gasteiger partial charge in [-0.25, -0.2) is 9.80 Å². The van der Waals surface area contributed by atoms with Crippen molar-refractivity contribution in [1.29, 1.82) is 0 Å². The molecule has 2 aliphatic rings. The first-order valence-corrected chi connectivity index (χ1v) is 3.75. The molecule has 0 saturated carbocycles. The first-order chi connectivity index (χ1) is 5.29. The molecule has 60 valence electrons. The number of carbonyl (C=O) groups is 1. The second-order valence-electron chi connectivity index (χ2n) is 2.78. The van der Waals surface area contributed by atoms with E-state index in [0.717, 1.165) is 26.1 Å². The molecule has 0 radical (unpaired) electrons. The molecule has 0 spiro atoms. The van der Waals surface area contributed by atoms with Crippen LogP contribution in [0.3, 0.4) is 0 Å². The van der Waals surface area contributed by atoms with Gasteiger partial charge in [-0.3, -0.25) is 5.01 Å². The van der Waals surface area contributed by atoms with E-state index in [1.165, 1.54) is 0 Å². The Hall–Kier alpha value is -1.03. The Labute approximate surface area is 64.7 Å². The van der Waals surface area contributed by atoms with Crippen LogP contribution in [-0.2, 0) is 4.79 Å². The quantitative estimate of drug-likeness (QED) is 0.572. The molecule has 0 aromatic rings. The third-order valence-corrected chi connectivity index (χ3v) is 2.12. The lowest BCUT2D eigenvalue weighted by atomic mass is 10.3. The summed E-state index contributed by atoms with van der Waals surface area (Å²) < 4.78 is 0. The fourth-order valence-electron chi connectivity index (χ4n) is 1.62. The van der Waals surface area contributed by atoms with Crippen molar-refractivity contribution in [1.82, 2.24) is 10.0 Å². The van der Waals surface area contributed by atoms with Crippen LogP contribution >= 0.6 is 0 Å². The number of carboxylic acid groups (broad SMARTS) is 1. The molecule has 1 N–H and O–H groups in total. The Kier molecular flexibility index (Phi) is 1.35. The van der Waals surface area contributed by atoms with E-state index in [2.05, 4.69) is 5.01 Å². The van der Waals surface area contributed by atoms with Crippen LogP contribution in [0.4, 0.5) is 0 Å². The summed E-state index contributed by atoms with van der Waals surface area (Å²) in [4.78, 5) is 10.6. The van der Waals surface area contributed by atoms with Crippen LogP contribution in [0.5, 0.6) is 0 Å². The minimum Gasteiger partial charge on any atom is -0.477 e. The van der Waals surface area contributed by atoms with Gasteiger partial charge in [-0.05, 0) is 12.5 Å². The predicted octanol–water partition coefficient (Wildman–Crippen LogP) is -0.109. The molecule has 0 aromatic carbocycles. The van der Waals surface area contributed by atoms with Crippen LogP contribution in [0, 0.1) is 0 Å². The fraction of sp³-hybridized carbons (Fsp3) is 0.571. The monoisotopic (exact) mass is 154 g/mol. The summed E-state index contributed by atoms with van der Waals surface area (Å²) in [5.74, 6) is -0.811. The van der Waals surface area contributed by atoms with Crippen LogP contribution in [0.15, 0.2) is 11.8 Å². The normalized spacial score (nSPS) is 23.6. The largest absolute Gasteiger partial charge is 0.477 e. The molecule has 0 unspecified atom stereocenters. The van der Waals surface area contributed by atoms with Gasteiger partial charge in [0.1, 0.15) is 5.70 Å². The molecule has 2 rings (SSSR count). The van der Waals surface area contributed by atoms with E-state index in [1.54, 1.807) is 6.08 Å². The highest BCUT2D eigenvalue weighted by molar-refractivity contribution is 5.86. The molecule has 4 heteroatoms. The molecule has 11 heavy (non-hydrogen) atoms. The number of nitrogens with zero attached hydrogens (tertiary/aromatic N) is 2. The summed E-state index contributed by atoms with van der Waals surface area (Å²) in [7, 11) is 0. The van der Waals surface area contributed by atoms with Crippen molar-refractivity contribution >= 4 is 5.97 Å². The van der Waals surface area contributed by atoms with Gasteiger partial charge in [-0.15, -0.1) is 0 Å². The summed E-state index contributed by atoms with van der Waals surface area (Å²) >= 11 is 0. The first kappa shape index (κ1) is 6.67. The molecule has 2 aliphatic heterocycles. The maximum Gasteiger partial charge on any atom is 0.353 e. The van der Waals surface area contributed by atoms with Crippen molar-refractivity contribution in [2.75, 3.05) is 19.6 Å². The highest BCUT2D eigenvalue weighted by Crippen LogP contribution is 2.22. The highest BCUT2D eigenvalue weighted by Gasteiger charge is 2.31. The number of rotatable bonds is 1. The van der Waals surface area contributed by atoms with Gasteiger partial charge < -0.3 is 5.11 Å². The van der Waals surface area contributed by atoms with E-state index in [0.29, 0.717) is 5.70 Å². The van der Waals surface area contributed by atoms with Crippen molar-refractivity contribution in [3.05, 3.63) is 11.8 Å². The van der Waals surface area contributed by atoms with E-state index < -0.39 is 5.97 Å². The van der Waals surface area contributed by atoms with Gasteiger partial charge >= 0.3 is 5.97 Å². The highest BCUT2D eigenvalue weighted by atomic mass is 16.4. The van der Waals surface area contributed by atoms with Crippen LogP contribution < -0.4 is 0 Å². The number of hydrogen-bond acceptors (Lipinski definition) is 3. The molecule has 0 amide bonds. The minimum absolute atomic E-state index is 0.447. The van der Waals surface area contributed by atoms with Crippen molar-refractivity contribution < 1.29 is 9.90 Å². The average Bonchev–Trinajstić information content (AvgIpc) is 2.41. The van der Waals surface area contributed by atoms with E-state index in [4.69, 9.17) is 5.11 Å². The summed E-state index contributed by atoms with van der Waals surface area (Å²) in [6.07, 6.45) is 2.84. The zero-order valence-corrected chi connectivity index (χ0v) is 6.16. The van der Waals surface area contributed by atoms with Gasteiger partial charge in [-0.1, -0.05) is 0 Å². The lowest BCUT2D eigenvalue weighted by Gasteiger charge is -2.21. The van der Waals surface area contributed by atoms with E-state index in [9.17, 15) is 4.79 Å². The molecule has 2 heterocycles. The molecule has 0 atom stereocenters. The third-order valence-electron chi connectivity index (χ3n) is 2.12. The number of aliphatic carboxylic acids is 1. The van der Waals surface area contributed by atoms with Gasteiger partial charge in [0, 0.05) is 19.6 Å². The Morgan fingerprint density at radius 2 is 2.36 bits per heavy atom. The molecular formula is C7H10N2O2. The van der Waals surface area contributed by atoms with Crippen molar-refractivity contribution in [2.45, 2.75) is 6.42 Å². The molecule has 0 aromatic heterocycles. The Morgan fingerprint density at radius 1 is 1.55 bits per heavy atom. The summed E-state index contributed by atoms with van der Waals surface area (Å²) in [6.45, 7) is 2.62. The Bertz CT molecular complexity index is 224. The Balaban J connectivity index is 2.18. The van der Waals surface area contributed by atoms with E-state index in [1.807, 2.05) is 5.01 Å². The third kappa shape index (κ3) is 0.903. The van der Waals surface area contributed by atoms with Crippen LogP contribution in [0.1, 0.15) is 6.42 Å². The topological polar surface area (TPSA) is 43.8 Å². The Morgan fingerprint density at radius 3 is 3.09 bits per heavy atom. The lowest BCUT2D eigenvalue weighted by Crippen LogP contribution is -2.32. The standard InChI is InChI=1S/C7H10N2O2/c10-7(11)6-2-5-8-3-1-4-9(6)8/h2H,1,3-5H2,(H,10,11). The molecule has 1 fully saturated rings. The molecule has 1 saturated heterocycles. The van der Waals surface area contributed by atoms with Gasteiger partial charge in [0.15, 0.2) is 0 Å². The number of hydrazine groups is 1. The van der Waals surface area contributed by atoms with Crippen molar-refractivity contribution in [2.24, 2.45) is 0 Å². The van der Waals surface area contributed by atoms with Crippen molar-refractivity contribution in [3.8, 4) is 0 Å². The van der Waals surface area contributed by atoms with E-state index in [-0.39, 0.29) is 0 Å². The van der Waals surface area contributed by atoms with Crippen LogP contribution in [0.2, 0.25) is 0 Å². The maximum atomic E-state index is 10.6. The molecule has 4 nitrogen and oxygen atoms in total. The summed E-state index contributed by atoms with van der Waals surface area (Å²) in [6, 6.07) is 0. The van der Waals surface area contributed by atoms with Crippen molar-refractivity contribution in [3.63, 3.8) is 0 Å². The summed E-state index contributed by atoms with van der Waals surface area (Å²) in [5, 5.41) is 12.6. The minimum atomic E-state index is -0.811. The smallest absolute Gasteiger partial charge is 0.353 e. The van der Waals surface area contributed by atoms with Crippen LogP contribution in [0.25, 0.3) is 0 Å². The fourth-order valence-corrected chi connectivity index (χ4v) is 1.62. The van der Waals surface area contributed by atoms with Gasteiger partial charge in [-0.2, -0.15) is 0 Å². The maximum absolute atomic E-state index is 10.6. The SMILES string of the molecule is O=C(O)C1=CCN2CCCN12. The molecule has 0 aliphatic carbocycles. The molecule has 0 bridgehead atoms. The zero-order chi connectivity index (χ0) is 7.84. The molecular weight excluding hydrogens is 144 g/mol. The first-order valence-electron chi connectivity index (χ1n) is 3.75. The number of carboxylic acids is 1. The second kappa shape index (κ2) is 2.23. The number of fused-ring (bicyclic) bond motifs is 1. The number of hydrogen-bond donors (Lipinski definition) is 1. The van der Waals surface area contributed by atoms with E-state index >= 15 is 0 Å². The predicted molar refractivity (Wildman–Crippen MR) is 38.6 cm³/mol.